The highest BCUT2D eigenvalue weighted by Crippen LogP contribution is 2.12. The number of hydrogen-bond donors (Lipinski definition) is 2. The normalized spacial score (nSPS) is 10.3. The van der Waals surface area contributed by atoms with E-state index in [9.17, 15) is 4.79 Å². The molecular weight excluding hydrogens is 152 g/mol. The SMILES string of the molecule is NC(=O)c1[c]c2ccccc2[nH]1. The van der Waals surface area contributed by atoms with Crippen LogP contribution in [0.25, 0.3) is 10.9 Å². The second-order valence-corrected chi connectivity index (χ2v) is 2.53. The predicted octanol–water partition coefficient (Wildman–Crippen LogP) is 1.07. The van der Waals surface area contributed by atoms with E-state index in [1.54, 1.807) is 0 Å². The molecule has 2 rings (SSSR count). The molecular formula is C9H7N2O. The van der Waals surface area contributed by atoms with Crippen molar-refractivity contribution < 1.29 is 4.79 Å². The standard InChI is InChI=1S/C9H7N2O/c10-9(12)8-5-6-3-1-2-4-7(6)11-8/h1-4,11H,(H2,10,12). The third-order valence-corrected chi connectivity index (χ3v) is 1.69. The van der Waals surface area contributed by atoms with Crippen LogP contribution in [-0.4, -0.2) is 10.9 Å². The van der Waals surface area contributed by atoms with E-state index in [-0.39, 0.29) is 0 Å². The summed E-state index contributed by atoms with van der Waals surface area (Å²) in [6.45, 7) is 0. The zero-order valence-corrected chi connectivity index (χ0v) is 6.29. The Balaban J connectivity index is 2.70. The van der Waals surface area contributed by atoms with Gasteiger partial charge < -0.3 is 10.7 Å². The van der Waals surface area contributed by atoms with Gasteiger partial charge in [0.25, 0.3) is 5.91 Å². The van der Waals surface area contributed by atoms with E-state index in [2.05, 4.69) is 11.1 Å². The van der Waals surface area contributed by atoms with Gasteiger partial charge in [0.1, 0.15) is 5.69 Å². The van der Waals surface area contributed by atoms with Gasteiger partial charge in [-0.15, -0.1) is 0 Å². The van der Waals surface area contributed by atoms with Gasteiger partial charge >= 0.3 is 0 Å². The highest BCUT2D eigenvalue weighted by Gasteiger charge is 2.04. The molecule has 3 heteroatoms. The second-order valence-electron chi connectivity index (χ2n) is 2.53. The van der Waals surface area contributed by atoms with Crippen molar-refractivity contribution in [2.45, 2.75) is 0 Å². The van der Waals surface area contributed by atoms with E-state index in [4.69, 9.17) is 5.73 Å². The van der Waals surface area contributed by atoms with Gasteiger partial charge in [0.05, 0.1) is 0 Å². The van der Waals surface area contributed by atoms with Crippen LogP contribution in [0, 0.1) is 6.07 Å². The van der Waals surface area contributed by atoms with Crippen molar-refractivity contribution in [1.29, 1.82) is 0 Å². The van der Waals surface area contributed by atoms with Gasteiger partial charge in [0.15, 0.2) is 0 Å². The maximum atomic E-state index is 10.7. The number of aromatic amines is 1. The second kappa shape index (κ2) is 2.37. The Kier molecular flexibility index (Phi) is 1.37. The molecule has 0 saturated carbocycles. The Morgan fingerprint density at radius 1 is 1.42 bits per heavy atom. The fourth-order valence-electron chi connectivity index (χ4n) is 1.12. The summed E-state index contributed by atoms with van der Waals surface area (Å²) >= 11 is 0. The molecule has 0 atom stereocenters. The summed E-state index contributed by atoms with van der Waals surface area (Å²) in [7, 11) is 0. The molecule has 1 aromatic carbocycles. The van der Waals surface area contributed by atoms with E-state index in [1.165, 1.54) is 0 Å². The predicted molar refractivity (Wildman–Crippen MR) is 45.7 cm³/mol. The zero-order valence-electron chi connectivity index (χ0n) is 6.29. The third-order valence-electron chi connectivity index (χ3n) is 1.69. The maximum absolute atomic E-state index is 10.7. The first-order chi connectivity index (χ1) is 5.77. The summed E-state index contributed by atoms with van der Waals surface area (Å²) in [6.07, 6.45) is 0. The lowest BCUT2D eigenvalue weighted by molar-refractivity contribution is 0.0996. The van der Waals surface area contributed by atoms with Crippen LogP contribution in [-0.2, 0) is 0 Å². The van der Waals surface area contributed by atoms with Crippen molar-refractivity contribution in [2.75, 3.05) is 0 Å². The van der Waals surface area contributed by atoms with Crippen LogP contribution >= 0.6 is 0 Å². The van der Waals surface area contributed by atoms with Crippen molar-refractivity contribution in [3.05, 3.63) is 36.0 Å². The lowest BCUT2D eigenvalue weighted by atomic mass is 10.2. The van der Waals surface area contributed by atoms with Crippen LogP contribution in [0.4, 0.5) is 0 Å². The van der Waals surface area contributed by atoms with E-state index >= 15 is 0 Å². The largest absolute Gasteiger partial charge is 0.364 e. The number of amides is 1. The molecule has 0 aliphatic heterocycles. The number of nitrogens with one attached hydrogen (secondary N) is 1. The first kappa shape index (κ1) is 6.91. The number of nitrogens with two attached hydrogens (primary N) is 1. The molecule has 0 fully saturated rings. The van der Waals surface area contributed by atoms with E-state index < -0.39 is 5.91 Å². The van der Waals surface area contributed by atoms with Gasteiger partial charge in [0.2, 0.25) is 0 Å². The van der Waals surface area contributed by atoms with Crippen molar-refractivity contribution in [2.24, 2.45) is 5.73 Å². The molecule has 3 N–H and O–H groups in total. The van der Waals surface area contributed by atoms with Crippen LogP contribution in [0.1, 0.15) is 10.5 Å². The van der Waals surface area contributed by atoms with E-state index in [1.807, 2.05) is 24.3 Å². The van der Waals surface area contributed by atoms with Gasteiger partial charge in [-0.05, 0) is 6.07 Å². The van der Waals surface area contributed by atoms with Gasteiger partial charge in [-0.1, -0.05) is 18.2 Å². The van der Waals surface area contributed by atoms with Gasteiger partial charge in [-0.3, -0.25) is 4.79 Å². The zero-order chi connectivity index (χ0) is 8.55. The first-order valence-corrected chi connectivity index (χ1v) is 3.57. The first-order valence-electron chi connectivity index (χ1n) is 3.57. The average molecular weight is 159 g/mol. The fraction of sp³-hybridized carbons (Fsp3) is 0. The lowest BCUT2D eigenvalue weighted by Gasteiger charge is -1.84. The van der Waals surface area contributed by atoms with E-state index in [0.717, 1.165) is 10.9 Å². The van der Waals surface area contributed by atoms with Crippen molar-refractivity contribution in [3.8, 4) is 0 Å². The average Bonchev–Trinajstić information content (AvgIpc) is 2.46. The quantitative estimate of drug-likeness (QED) is 0.642. The number of benzene rings is 1. The molecule has 12 heavy (non-hydrogen) atoms. The van der Waals surface area contributed by atoms with Crippen molar-refractivity contribution >= 4 is 16.8 Å². The Hall–Kier alpha value is -1.77. The molecule has 1 heterocycles. The molecule has 0 aliphatic rings. The molecule has 1 radical (unpaired) electrons. The summed E-state index contributed by atoms with van der Waals surface area (Å²) in [5.41, 5.74) is 6.29. The van der Waals surface area contributed by atoms with Gasteiger partial charge in [-0.25, -0.2) is 0 Å². The van der Waals surface area contributed by atoms with E-state index in [0.29, 0.717) is 5.69 Å². The molecule has 0 unspecified atom stereocenters. The van der Waals surface area contributed by atoms with Gasteiger partial charge in [0, 0.05) is 17.0 Å². The molecule has 1 amide bonds. The van der Waals surface area contributed by atoms with Crippen molar-refractivity contribution in [3.63, 3.8) is 0 Å². The summed E-state index contributed by atoms with van der Waals surface area (Å²) in [5.74, 6) is -0.480. The van der Waals surface area contributed by atoms with Crippen LogP contribution in [0.3, 0.4) is 0 Å². The monoisotopic (exact) mass is 159 g/mol. The highest BCUT2D eigenvalue weighted by atomic mass is 16.1. The number of hydrogen-bond acceptors (Lipinski definition) is 1. The van der Waals surface area contributed by atoms with Crippen LogP contribution < -0.4 is 5.73 Å². The number of primary amides is 1. The smallest absolute Gasteiger partial charge is 0.265 e. The van der Waals surface area contributed by atoms with Crippen LogP contribution in [0.2, 0.25) is 0 Å². The number of carbonyl (C=O) groups excluding carboxylic acids is 1. The number of H-pyrrole nitrogens is 1. The number of fused-ring (bicyclic) bond motifs is 1. The topological polar surface area (TPSA) is 58.9 Å². The minimum atomic E-state index is -0.480. The highest BCUT2D eigenvalue weighted by molar-refractivity contribution is 5.96. The number of carbonyl (C=O) groups is 1. The van der Waals surface area contributed by atoms with Crippen molar-refractivity contribution in [1.82, 2.24) is 4.98 Å². The Bertz CT molecular complexity index is 398. The number of aromatic nitrogens is 1. The molecule has 1 aromatic heterocycles. The minimum absolute atomic E-state index is 0.330. The summed E-state index contributed by atoms with van der Waals surface area (Å²) in [4.78, 5) is 13.6. The third kappa shape index (κ3) is 0.955. The maximum Gasteiger partial charge on any atom is 0.265 e. The molecule has 0 aliphatic carbocycles. The summed E-state index contributed by atoms with van der Waals surface area (Å²) in [6, 6.07) is 10.4. The molecule has 59 valence electrons. The Labute approximate surface area is 69.2 Å². The van der Waals surface area contributed by atoms with Crippen LogP contribution in [0.5, 0.6) is 0 Å². The molecule has 2 aromatic rings. The lowest BCUT2D eigenvalue weighted by Crippen LogP contribution is -2.10. The number of rotatable bonds is 1. The Morgan fingerprint density at radius 2 is 2.17 bits per heavy atom. The molecule has 0 saturated heterocycles. The number of para-hydroxylation sites is 1. The van der Waals surface area contributed by atoms with Gasteiger partial charge in [-0.2, -0.15) is 0 Å². The molecule has 0 spiro atoms. The fourth-order valence-corrected chi connectivity index (χ4v) is 1.12. The molecule has 3 nitrogen and oxygen atoms in total. The minimum Gasteiger partial charge on any atom is -0.364 e. The summed E-state index contributed by atoms with van der Waals surface area (Å²) < 4.78 is 0. The summed E-state index contributed by atoms with van der Waals surface area (Å²) in [5, 5.41) is 0.881. The van der Waals surface area contributed by atoms with Crippen LogP contribution in [0.15, 0.2) is 24.3 Å². The Morgan fingerprint density at radius 3 is 2.83 bits per heavy atom. The molecule has 0 bridgehead atoms.